The standard InChI is InChI=1S/C28H31NO2S/c1-17-8-10-19(11-9-17)27(31)25-23(20-12-13-32-16-20)24-21(14-28(2,3)15-22(24)30)29-26(25)18-6-4-5-7-18/h8-13,16,18,23,29H,4-7,14-15H2,1-3H3. The van der Waals surface area contributed by atoms with E-state index in [4.69, 9.17) is 0 Å². The van der Waals surface area contributed by atoms with Crippen LogP contribution in [-0.4, -0.2) is 11.6 Å². The number of benzene rings is 1. The molecule has 4 heteroatoms. The van der Waals surface area contributed by atoms with E-state index in [2.05, 4.69) is 36.0 Å². The second-order valence-electron chi connectivity index (χ2n) is 10.5. The first-order valence-electron chi connectivity index (χ1n) is 11.7. The predicted molar refractivity (Wildman–Crippen MR) is 130 cm³/mol. The lowest BCUT2D eigenvalue weighted by Crippen LogP contribution is -2.40. The number of hydrogen-bond donors (Lipinski definition) is 1. The van der Waals surface area contributed by atoms with Crippen molar-refractivity contribution >= 4 is 22.9 Å². The van der Waals surface area contributed by atoms with Gasteiger partial charge in [-0.25, -0.2) is 0 Å². The highest BCUT2D eigenvalue weighted by Gasteiger charge is 2.44. The fourth-order valence-corrected chi connectivity index (χ4v) is 6.42. The fourth-order valence-electron chi connectivity index (χ4n) is 5.73. The summed E-state index contributed by atoms with van der Waals surface area (Å²) in [7, 11) is 0. The van der Waals surface area contributed by atoms with Gasteiger partial charge in [-0.1, -0.05) is 56.5 Å². The molecule has 3 nitrogen and oxygen atoms in total. The van der Waals surface area contributed by atoms with Crippen LogP contribution in [0.1, 0.15) is 79.8 Å². The monoisotopic (exact) mass is 445 g/mol. The van der Waals surface area contributed by atoms with Gasteiger partial charge in [0, 0.05) is 40.4 Å². The number of dihydropyridines is 1. The second-order valence-corrected chi connectivity index (χ2v) is 11.2. The van der Waals surface area contributed by atoms with Crippen molar-refractivity contribution in [2.45, 2.75) is 65.2 Å². The summed E-state index contributed by atoms with van der Waals surface area (Å²) in [5, 5.41) is 7.88. The Morgan fingerprint density at radius 2 is 1.78 bits per heavy atom. The minimum atomic E-state index is -0.273. The van der Waals surface area contributed by atoms with E-state index in [1.165, 1.54) is 12.8 Å². The molecular weight excluding hydrogens is 414 g/mol. The molecule has 0 saturated heterocycles. The highest BCUT2D eigenvalue weighted by molar-refractivity contribution is 7.08. The molecule has 32 heavy (non-hydrogen) atoms. The zero-order valence-electron chi connectivity index (χ0n) is 19.2. The third-order valence-corrected chi connectivity index (χ3v) is 7.97. The lowest BCUT2D eigenvalue weighted by Gasteiger charge is -2.41. The van der Waals surface area contributed by atoms with E-state index in [0.29, 0.717) is 17.9 Å². The Bertz CT molecular complexity index is 1110. The van der Waals surface area contributed by atoms with E-state index in [1.54, 1.807) is 11.3 Å². The molecule has 0 radical (unpaired) electrons. The van der Waals surface area contributed by atoms with Gasteiger partial charge in [-0.05, 0) is 59.9 Å². The first kappa shape index (κ1) is 21.4. The summed E-state index contributed by atoms with van der Waals surface area (Å²) in [4.78, 5) is 27.6. The van der Waals surface area contributed by atoms with Gasteiger partial charge in [0.15, 0.2) is 11.6 Å². The van der Waals surface area contributed by atoms with E-state index in [-0.39, 0.29) is 22.9 Å². The van der Waals surface area contributed by atoms with E-state index >= 15 is 0 Å². The maximum Gasteiger partial charge on any atom is 0.191 e. The molecule has 1 aromatic heterocycles. The Balaban J connectivity index is 1.71. The predicted octanol–water partition coefficient (Wildman–Crippen LogP) is 6.71. The molecule has 1 atom stereocenters. The van der Waals surface area contributed by atoms with Crippen LogP contribution < -0.4 is 5.32 Å². The quantitative estimate of drug-likeness (QED) is 0.532. The van der Waals surface area contributed by atoms with Gasteiger partial charge < -0.3 is 5.32 Å². The van der Waals surface area contributed by atoms with Gasteiger partial charge in [0.1, 0.15) is 0 Å². The van der Waals surface area contributed by atoms with E-state index < -0.39 is 0 Å². The summed E-state index contributed by atoms with van der Waals surface area (Å²) >= 11 is 1.63. The van der Waals surface area contributed by atoms with Crippen LogP contribution >= 0.6 is 11.3 Å². The maximum atomic E-state index is 14.1. The van der Waals surface area contributed by atoms with Gasteiger partial charge in [-0.2, -0.15) is 11.3 Å². The summed E-state index contributed by atoms with van der Waals surface area (Å²) in [5.74, 6) is 0.319. The van der Waals surface area contributed by atoms with Crippen molar-refractivity contribution in [2.24, 2.45) is 11.3 Å². The largest absolute Gasteiger partial charge is 0.361 e. The number of Topliss-reactive ketones (excluding diaryl/α,β-unsaturated/α-hetero) is 2. The normalized spacial score (nSPS) is 23.3. The van der Waals surface area contributed by atoms with Gasteiger partial charge in [0.05, 0.1) is 0 Å². The van der Waals surface area contributed by atoms with Gasteiger partial charge in [-0.15, -0.1) is 0 Å². The molecule has 1 N–H and O–H groups in total. The number of allylic oxidation sites excluding steroid dienone is 4. The molecular formula is C28H31NO2S. The Morgan fingerprint density at radius 3 is 2.44 bits per heavy atom. The van der Waals surface area contributed by atoms with Crippen molar-refractivity contribution in [1.82, 2.24) is 5.32 Å². The lowest BCUT2D eigenvalue weighted by molar-refractivity contribution is -0.118. The number of ketones is 2. The summed E-state index contributed by atoms with van der Waals surface area (Å²) in [5.41, 5.74) is 6.59. The number of nitrogens with one attached hydrogen (secondary N) is 1. The minimum absolute atomic E-state index is 0.0554. The second kappa shape index (κ2) is 8.15. The first-order valence-corrected chi connectivity index (χ1v) is 12.7. The van der Waals surface area contributed by atoms with Crippen LogP contribution in [-0.2, 0) is 4.79 Å². The molecule has 1 saturated carbocycles. The molecule has 0 amide bonds. The average molecular weight is 446 g/mol. The molecule has 1 unspecified atom stereocenters. The SMILES string of the molecule is Cc1ccc(C(=O)C2=C(C3CCCC3)NC3=C(C(=O)CC(C)(C)C3)C2c2ccsc2)cc1. The van der Waals surface area contributed by atoms with Crippen molar-refractivity contribution in [3.8, 4) is 0 Å². The number of hydrogen-bond acceptors (Lipinski definition) is 4. The number of carbonyl (C=O) groups excluding carboxylic acids is 2. The van der Waals surface area contributed by atoms with E-state index in [0.717, 1.165) is 52.9 Å². The molecule has 1 fully saturated rings. The van der Waals surface area contributed by atoms with Gasteiger partial charge in [-0.3, -0.25) is 9.59 Å². The average Bonchev–Trinajstić information content (AvgIpc) is 3.46. The highest BCUT2D eigenvalue weighted by Crippen LogP contribution is 2.49. The number of carbonyl (C=O) groups is 2. The molecule has 1 aliphatic heterocycles. The Hall–Kier alpha value is -2.46. The minimum Gasteiger partial charge on any atom is -0.361 e. The topological polar surface area (TPSA) is 46.2 Å². The van der Waals surface area contributed by atoms with Gasteiger partial charge >= 0.3 is 0 Å². The zero-order valence-corrected chi connectivity index (χ0v) is 20.0. The van der Waals surface area contributed by atoms with Crippen molar-refractivity contribution in [2.75, 3.05) is 0 Å². The molecule has 2 heterocycles. The molecule has 5 rings (SSSR count). The first-order chi connectivity index (χ1) is 15.3. The Kier molecular flexibility index (Phi) is 5.45. The van der Waals surface area contributed by atoms with Gasteiger partial charge in [0.25, 0.3) is 0 Å². The van der Waals surface area contributed by atoms with Crippen LogP contribution in [0.25, 0.3) is 0 Å². The number of rotatable bonds is 4. The third kappa shape index (κ3) is 3.79. The van der Waals surface area contributed by atoms with Crippen LogP contribution in [0.15, 0.2) is 63.6 Å². The third-order valence-electron chi connectivity index (χ3n) is 7.27. The van der Waals surface area contributed by atoms with E-state index in [9.17, 15) is 9.59 Å². The highest BCUT2D eigenvalue weighted by atomic mass is 32.1. The molecule has 2 aliphatic carbocycles. The number of thiophene rings is 1. The van der Waals surface area contributed by atoms with Crippen LogP contribution in [0.5, 0.6) is 0 Å². The Morgan fingerprint density at radius 1 is 1.06 bits per heavy atom. The zero-order chi connectivity index (χ0) is 22.5. The van der Waals surface area contributed by atoms with Crippen LogP contribution in [0.2, 0.25) is 0 Å². The van der Waals surface area contributed by atoms with Crippen LogP contribution in [0.3, 0.4) is 0 Å². The lowest BCUT2D eigenvalue weighted by atomic mass is 9.67. The number of aryl methyl sites for hydroxylation is 1. The van der Waals surface area contributed by atoms with Crippen LogP contribution in [0.4, 0.5) is 0 Å². The summed E-state index contributed by atoms with van der Waals surface area (Å²) in [6.07, 6.45) is 5.96. The fraction of sp³-hybridized carbons (Fsp3) is 0.429. The van der Waals surface area contributed by atoms with Gasteiger partial charge in [0.2, 0.25) is 0 Å². The maximum absolute atomic E-state index is 14.1. The molecule has 3 aliphatic rings. The van der Waals surface area contributed by atoms with Crippen molar-refractivity contribution in [1.29, 1.82) is 0 Å². The van der Waals surface area contributed by atoms with E-state index in [1.807, 2.05) is 31.2 Å². The van der Waals surface area contributed by atoms with Crippen LogP contribution in [0, 0.1) is 18.3 Å². The molecule has 2 aromatic rings. The smallest absolute Gasteiger partial charge is 0.191 e. The summed E-state index contributed by atoms with van der Waals surface area (Å²) < 4.78 is 0. The van der Waals surface area contributed by atoms with Crippen molar-refractivity contribution < 1.29 is 9.59 Å². The summed E-state index contributed by atoms with van der Waals surface area (Å²) in [6.45, 7) is 6.37. The molecule has 1 aromatic carbocycles. The molecule has 0 bridgehead atoms. The Labute approximate surface area is 194 Å². The molecule has 166 valence electrons. The van der Waals surface area contributed by atoms with Crippen molar-refractivity contribution in [3.05, 3.63) is 80.3 Å². The van der Waals surface area contributed by atoms with Crippen molar-refractivity contribution in [3.63, 3.8) is 0 Å². The summed E-state index contributed by atoms with van der Waals surface area (Å²) in [6, 6.07) is 9.94. The molecule has 0 spiro atoms.